The van der Waals surface area contributed by atoms with Crippen molar-refractivity contribution in [3.05, 3.63) is 84.9 Å². The summed E-state index contributed by atoms with van der Waals surface area (Å²) in [6.45, 7) is 5.62. The van der Waals surface area contributed by atoms with Crippen LogP contribution in [0.2, 0.25) is 0 Å². The highest BCUT2D eigenvalue weighted by Gasteiger charge is 2.16. The molecule has 0 atom stereocenters. The molecule has 3 aromatic carbocycles. The third-order valence-electron chi connectivity index (χ3n) is 5.13. The molecule has 0 aromatic heterocycles. The Kier molecular flexibility index (Phi) is 6.22. The Labute approximate surface area is 167 Å². The summed E-state index contributed by atoms with van der Waals surface area (Å²) in [6, 6.07) is 29.3. The second-order valence-electron chi connectivity index (χ2n) is 7.03. The van der Waals surface area contributed by atoms with Crippen LogP contribution in [0.3, 0.4) is 0 Å². The molecule has 1 heterocycles. The average Bonchev–Trinajstić information content (AvgIpc) is 2.79. The van der Waals surface area contributed by atoms with E-state index in [2.05, 4.69) is 81.8 Å². The van der Waals surface area contributed by atoms with Gasteiger partial charge < -0.3 is 9.64 Å². The summed E-state index contributed by atoms with van der Waals surface area (Å²) < 4.78 is 5.83. The highest BCUT2D eigenvalue weighted by atomic mass is 16.5. The predicted octanol–water partition coefficient (Wildman–Crippen LogP) is 4.06. The van der Waals surface area contributed by atoms with Crippen molar-refractivity contribution in [2.45, 2.75) is 0 Å². The van der Waals surface area contributed by atoms with Crippen LogP contribution in [-0.2, 0) is 0 Å². The Morgan fingerprint density at radius 2 is 1.29 bits per heavy atom. The van der Waals surface area contributed by atoms with E-state index in [1.165, 1.54) is 16.8 Å². The van der Waals surface area contributed by atoms with Gasteiger partial charge in [0.1, 0.15) is 12.5 Å². The summed E-state index contributed by atoms with van der Waals surface area (Å²) >= 11 is 0. The highest BCUT2D eigenvalue weighted by Crippen LogP contribution is 2.22. The fraction of sp³-hybridized carbons (Fsp3) is 0.250. The number of anilines is 1. The Morgan fingerprint density at radius 1 is 0.679 bits per heavy atom. The third kappa shape index (κ3) is 4.91. The fourth-order valence-electron chi connectivity index (χ4n) is 3.52. The van der Waals surface area contributed by atoms with Crippen LogP contribution < -0.4 is 15.0 Å². The van der Waals surface area contributed by atoms with Crippen LogP contribution in [0, 0.1) is 0 Å². The molecule has 28 heavy (non-hydrogen) atoms. The van der Waals surface area contributed by atoms with E-state index in [0.29, 0.717) is 6.73 Å². The molecule has 1 saturated heterocycles. The minimum atomic E-state index is 0.517. The number of ether oxygens (including phenoxy) is 1. The topological polar surface area (TPSA) is 27.7 Å². The van der Waals surface area contributed by atoms with Gasteiger partial charge in [-0.3, -0.25) is 10.2 Å². The summed E-state index contributed by atoms with van der Waals surface area (Å²) in [5.41, 5.74) is 3.75. The SMILES string of the molecule is c1ccc(-c2ccc(OCNCN3CCN(c4ccccc4)CC3)cc2)cc1. The molecular weight excluding hydrogens is 346 g/mol. The molecular formula is C24H27N3O. The lowest BCUT2D eigenvalue weighted by Crippen LogP contribution is -2.49. The minimum Gasteiger partial charge on any atom is -0.478 e. The third-order valence-corrected chi connectivity index (χ3v) is 5.13. The Hall–Kier alpha value is -2.82. The predicted molar refractivity (Wildman–Crippen MR) is 116 cm³/mol. The maximum absolute atomic E-state index is 5.83. The van der Waals surface area contributed by atoms with Gasteiger partial charge in [-0.05, 0) is 35.4 Å². The minimum absolute atomic E-state index is 0.517. The molecule has 1 aliphatic rings. The lowest BCUT2D eigenvalue weighted by molar-refractivity contribution is 0.197. The quantitative estimate of drug-likeness (QED) is 0.499. The molecule has 0 bridgehead atoms. The highest BCUT2D eigenvalue weighted by molar-refractivity contribution is 5.63. The smallest absolute Gasteiger partial charge is 0.140 e. The van der Waals surface area contributed by atoms with Gasteiger partial charge in [-0.1, -0.05) is 60.7 Å². The number of nitrogens with one attached hydrogen (secondary N) is 1. The fourth-order valence-corrected chi connectivity index (χ4v) is 3.52. The van der Waals surface area contributed by atoms with Crippen molar-refractivity contribution in [2.75, 3.05) is 44.5 Å². The van der Waals surface area contributed by atoms with Gasteiger partial charge in [0.25, 0.3) is 0 Å². The van der Waals surface area contributed by atoms with E-state index in [0.717, 1.165) is 38.6 Å². The van der Waals surface area contributed by atoms with Gasteiger partial charge in [-0.2, -0.15) is 0 Å². The monoisotopic (exact) mass is 373 g/mol. The molecule has 1 fully saturated rings. The first kappa shape index (κ1) is 18.5. The summed E-state index contributed by atoms with van der Waals surface area (Å²) in [5, 5.41) is 3.39. The van der Waals surface area contributed by atoms with E-state index in [1.54, 1.807) is 0 Å². The number of hydrogen-bond donors (Lipinski definition) is 1. The van der Waals surface area contributed by atoms with Gasteiger partial charge in [0, 0.05) is 31.9 Å². The average molecular weight is 374 g/mol. The number of para-hydroxylation sites is 1. The van der Waals surface area contributed by atoms with Gasteiger partial charge in [0.15, 0.2) is 0 Å². The zero-order valence-electron chi connectivity index (χ0n) is 16.1. The van der Waals surface area contributed by atoms with Crippen LogP contribution >= 0.6 is 0 Å². The van der Waals surface area contributed by atoms with Crippen molar-refractivity contribution in [2.24, 2.45) is 0 Å². The van der Waals surface area contributed by atoms with Crippen molar-refractivity contribution in [1.82, 2.24) is 10.2 Å². The number of piperazine rings is 1. The summed E-state index contributed by atoms with van der Waals surface area (Å²) in [7, 11) is 0. The van der Waals surface area contributed by atoms with Crippen molar-refractivity contribution < 1.29 is 4.74 Å². The van der Waals surface area contributed by atoms with Crippen molar-refractivity contribution in [3.8, 4) is 16.9 Å². The van der Waals surface area contributed by atoms with E-state index >= 15 is 0 Å². The normalized spacial score (nSPS) is 14.8. The lowest BCUT2D eigenvalue weighted by atomic mass is 10.1. The second-order valence-corrected chi connectivity index (χ2v) is 7.03. The number of rotatable bonds is 7. The maximum atomic E-state index is 5.83. The molecule has 1 aliphatic heterocycles. The van der Waals surface area contributed by atoms with Crippen LogP contribution in [0.15, 0.2) is 84.9 Å². The van der Waals surface area contributed by atoms with Gasteiger partial charge in [-0.15, -0.1) is 0 Å². The van der Waals surface area contributed by atoms with Crippen LogP contribution in [0.5, 0.6) is 5.75 Å². The van der Waals surface area contributed by atoms with Crippen molar-refractivity contribution >= 4 is 5.69 Å². The second kappa shape index (κ2) is 9.40. The molecule has 1 N–H and O–H groups in total. The maximum Gasteiger partial charge on any atom is 0.140 e. The molecule has 4 heteroatoms. The van der Waals surface area contributed by atoms with Gasteiger partial charge in [0.2, 0.25) is 0 Å². The Bertz CT molecular complexity index is 829. The molecule has 0 spiro atoms. The Balaban J connectivity index is 1.16. The van der Waals surface area contributed by atoms with E-state index in [1.807, 2.05) is 18.2 Å². The van der Waals surface area contributed by atoms with E-state index in [9.17, 15) is 0 Å². The molecule has 0 amide bonds. The molecule has 144 valence electrons. The first-order valence-electron chi connectivity index (χ1n) is 9.90. The van der Waals surface area contributed by atoms with Crippen LogP contribution in [-0.4, -0.2) is 44.5 Å². The van der Waals surface area contributed by atoms with Crippen LogP contribution in [0.25, 0.3) is 11.1 Å². The first-order chi connectivity index (χ1) is 13.9. The molecule has 3 aromatic rings. The van der Waals surface area contributed by atoms with E-state index < -0.39 is 0 Å². The van der Waals surface area contributed by atoms with Crippen LogP contribution in [0.4, 0.5) is 5.69 Å². The molecule has 0 aliphatic carbocycles. The standard InChI is InChI=1S/C24H27N3O/c1-3-7-21(8-4-1)22-11-13-24(14-12-22)28-20-25-19-26-15-17-27(18-16-26)23-9-5-2-6-10-23/h1-14,25H,15-20H2. The largest absolute Gasteiger partial charge is 0.478 e. The molecule has 4 rings (SSSR count). The van der Waals surface area contributed by atoms with Crippen molar-refractivity contribution in [3.63, 3.8) is 0 Å². The van der Waals surface area contributed by atoms with E-state index in [-0.39, 0.29) is 0 Å². The number of hydrogen-bond acceptors (Lipinski definition) is 4. The zero-order valence-corrected chi connectivity index (χ0v) is 16.1. The molecule has 0 unspecified atom stereocenters. The molecule has 0 saturated carbocycles. The first-order valence-corrected chi connectivity index (χ1v) is 9.90. The number of benzene rings is 3. The van der Waals surface area contributed by atoms with Gasteiger partial charge in [0.05, 0.1) is 6.67 Å². The number of nitrogens with zero attached hydrogens (tertiary/aromatic N) is 2. The van der Waals surface area contributed by atoms with Crippen LogP contribution in [0.1, 0.15) is 0 Å². The summed E-state index contributed by atoms with van der Waals surface area (Å²) in [5.74, 6) is 0.890. The van der Waals surface area contributed by atoms with Gasteiger partial charge >= 0.3 is 0 Å². The van der Waals surface area contributed by atoms with Gasteiger partial charge in [-0.25, -0.2) is 0 Å². The van der Waals surface area contributed by atoms with E-state index in [4.69, 9.17) is 4.74 Å². The summed E-state index contributed by atoms with van der Waals surface area (Å²) in [6.07, 6.45) is 0. The molecule has 4 nitrogen and oxygen atoms in total. The zero-order chi connectivity index (χ0) is 19.0. The Morgan fingerprint density at radius 3 is 1.96 bits per heavy atom. The molecule has 0 radical (unpaired) electrons. The van der Waals surface area contributed by atoms with Crippen molar-refractivity contribution in [1.29, 1.82) is 0 Å². The summed E-state index contributed by atoms with van der Waals surface area (Å²) in [4.78, 5) is 4.88. The lowest BCUT2D eigenvalue weighted by Gasteiger charge is -2.36.